The van der Waals surface area contributed by atoms with Gasteiger partial charge in [0.25, 0.3) is 5.91 Å². The van der Waals surface area contributed by atoms with Gasteiger partial charge in [-0.15, -0.1) is 0 Å². The number of hydrogen-bond acceptors (Lipinski definition) is 3. The van der Waals surface area contributed by atoms with Crippen molar-refractivity contribution in [3.05, 3.63) is 59.1 Å². The highest BCUT2D eigenvalue weighted by Gasteiger charge is 2.10. The van der Waals surface area contributed by atoms with Crippen molar-refractivity contribution < 1.29 is 13.2 Å². The Hall–Kier alpha value is -1.89. The standard InChI is InChI=1S/C13H11ClN2O3S/c14-10-2-1-3-11(8-10)16-13(17)9-4-6-12(7-5-9)20(15,18)19/h1-8H,(H,16,17)(H2,15,18,19). The first kappa shape index (κ1) is 14.5. The Balaban J connectivity index is 2.18. The van der Waals surface area contributed by atoms with E-state index >= 15 is 0 Å². The van der Waals surface area contributed by atoms with Gasteiger partial charge in [-0.1, -0.05) is 17.7 Å². The predicted molar refractivity (Wildman–Crippen MR) is 77.2 cm³/mol. The van der Waals surface area contributed by atoms with Gasteiger partial charge in [0.1, 0.15) is 0 Å². The third-order valence-electron chi connectivity index (χ3n) is 2.53. The molecule has 0 heterocycles. The van der Waals surface area contributed by atoms with Crippen LogP contribution < -0.4 is 10.5 Å². The Kier molecular flexibility index (Phi) is 4.08. The van der Waals surface area contributed by atoms with Gasteiger partial charge in [0.15, 0.2) is 0 Å². The number of hydrogen-bond donors (Lipinski definition) is 2. The number of amides is 1. The first-order valence-corrected chi connectivity index (χ1v) is 7.48. The fraction of sp³-hybridized carbons (Fsp3) is 0. The number of nitrogens with two attached hydrogens (primary N) is 1. The number of sulfonamides is 1. The van der Waals surface area contributed by atoms with Crippen molar-refractivity contribution in [2.45, 2.75) is 4.90 Å². The van der Waals surface area contributed by atoms with Gasteiger partial charge in [0.2, 0.25) is 10.0 Å². The van der Waals surface area contributed by atoms with Gasteiger partial charge in [-0.25, -0.2) is 13.6 Å². The van der Waals surface area contributed by atoms with Crippen LogP contribution in [0.25, 0.3) is 0 Å². The highest BCUT2D eigenvalue weighted by molar-refractivity contribution is 7.89. The average molecular weight is 311 g/mol. The van der Waals surface area contributed by atoms with E-state index in [-0.39, 0.29) is 10.8 Å². The average Bonchev–Trinajstić information content (AvgIpc) is 2.38. The zero-order valence-corrected chi connectivity index (χ0v) is 11.8. The van der Waals surface area contributed by atoms with Crippen molar-refractivity contribution in [3.63, 3.8) is 0 Å². The van der Waals surface area contributed by atoms with Crippen LogP contribution in [0.1, 0.15) is 10.4 Å². The summed E-state index contributed by atoms with van der Waals surface area (Å²) in [5.41, 5.74) is 0.871. The number of primary sulfonamides is 1. The lowest BCUT2D eigenvalue weighted by atomic mass is 10.2. The Morgan fingerprint density at radius 2 is 1.75 bits per heavy atom. The van der Waals surface area contributed by atoms with E-state index in [1.807, 2.05) is 0 Å². The van der Waals surface area contributed by atoms with Crippen molar-refractivity contribution >= 4 is 33.2 Å². The minimum Gasteiger partial charge on any atom is -0.322 e. The van der Waals surface area contributed by atoms with Crippen molar-refractivity contribution in [2.24, 2.45) is 5.14 Å². The molecule has 0 radical (unpaired) electrons. The highest BCUT2D eigenvalue weighted by atomic mass is 35.5. The van der Waals surface area contributed by atoms with Crippen LogP contribution in [0.5, 0.6) is 0 Å². The molecule has 0 aliphatic carbocycles. The number of anilines is 1. The van der Waals surface area contributed by atoms with Gasteiger partial charge in [-0.05, 0) is 42.5 Å². The second-order valence-corrected chi connectivity index (χ2v) is 6.03. The number of nitrogens with one attached hydrogen (secondary N) is 1. The summed E-state index contributed by atoms with van der Waals surface area (Å²) in [6.45, 7) is 0. The molecular formula is C13H11ClN2O3S. The molecule has 0 saturated heterocycles. The topological polar surface area (TPSA) is 89.3 Å². The monoisotopic (exact) mass is 310 g/mol. The minimum absolute atomic E-state index is 0.0446. The third-order valence-corrected chi connectivity index (χ3v) is 3.69. The van der Waals surface area contributed by atoms with E-state index in [0.29, 0.717) is 16.3 Å². The molecule has 0 aromatic heterocycles. The maximum absolute atomic E-state index is 12.0. The normalized spacial score (nSPS) is 11.1. The number of rotatable bonds is 3. The molecule has 0 fully saturated rings. The van der Waals surface area contributed by atoms with Crippen LogP contribution in [-0.2, 0) is 10.0 Å². The molecular weight excluding hydrogens is 300 g/mol. The largest absolute Gasteiger partial charge is 0.322 e. The lowest BCUT2D eigenvalue weighted by molar-refractivity contribution is 0.102. The summed E-state index contributed by atoms with van der Waals surface area (Å²) in [7, 11) is -3.76. The third kappa shape index (κ3) is 3.57. The summed E-state index contributed by atoms with van der Waals surface area (Å²) in [4.78, 5) is 11.9. The molecule has 0 unspecified atom stereocenters. The van der Waals surface area contributed by atoms with E-state index < -0.39 is 10.0 Å². The second kappa shape index (κ2) is 5.62. The van der Waals surface area contributed by atoms with E-state index in [9.17, 15) is 13.2 Å². The fourth-order valence-corrected chi connectivity index (χ4v) is 2.27. The van der Waals surface area contributed by atoms with Crippen LogP contribution in [0.2, 0.25) is 5.02 Å². The van der Waals surface area contributed by atoms with E-state index in [0.717, 1.165) is 0 Å². The Bertz CT molecular complexity index is 742. The van der Waals surface area contributed by atoms with Crippen LogP contribution in [0.3, 0.4) is 0 Å². The number of halogens is 1. The highest BCUT2D eigenvalue weighted by Crippen LogP contribution is 2.16. The molecule has 0 aliphatic heterocycles. The summed E-state index contributed by atoms with van der Waals surface area (Å²) in [6.07, 6.45) is 0. The molecule has 20 heavy (non-hydrogen) atoms. The molecule has 2 rings (SSSR count). The molecule has 0 spiro atoms. The van der Waals surface area contributed by atoms with E-state index in [1.54, 1.807) is 24.3 Å². The lowest BCUT2D eigenvalue weighted by Crippen LogP contribution is -2.14. The number of carbonyl (C=O) groups is 1. The molecule has 2 aromatic rings. The van der Waals surface area contributed by atoms with Crippen molar-refractivity contribution in [1.82, 2.24) is 0 Å². The summed E-state index contributed by atoms with van der Waals surface area (Å²) in [6, 6.07) is 12.0. The van der Waals surface area contributed by atoms with Crippen LogP contribution in [0, 0.1) is 0 Å². The molecule has 0 aliphatic rings. The fourth-order valence-electron chi connectivity index (χ4n) is 1.57. The maximum atomic E-state index is 12.0. The van der Waals surface area contributed by atoms with Crippen LogP contribution in [0.15, 0.2) is 53.4 Å². The zero-order valence-electron chi connectivity index (χ0n) is 10.2. The summed E-state index contributed by atoms with van der Waals surface area (Å²) < 4.78 is 22.2. The molecule has 1 amide bonds. The maximum Gasteiger partial charge on any atom is 0.255 e. The smallest absolute Gasteiger partial charge is 0.255 e. The zero-order chi connectivity index (χ0) is 14.8. The van der Waals surface area contributed by atoms with Crippen LogP contribution in [0.4, 0.5) is 5.69 Å². The van der Waals surface area contributed by atoms with E-state index in [1.165, 1.54) is 24.3 Å². The minimum atomic E-state index is -3.76. The second-order valence-electron chi connectivity index (χ2n) is 4.03. The van der Waals surface area contributed by atoms with Crippen molar-refractivity contribution in [1.29, 1.82) is 0 Å². The van der Waals surface area contributed by atoms with Gasteiger partial charge in [-0.3, -0.25) is 4.79 Å². The molecule has 7 heteroatoms. The molecule has 5 nitrogen and oxygen atoms in total. The molecule has 0 bridgehead atoms. The van der Waals surface area contributed by atoms with Gasteiger partial charge < -0.3 is 5.32 Å². The van der Waals surface area contributed by atoms with Crippen molar-refractivity contribution in [2.75, 3.05) is 5.32 Å². The SMILES string of the molecule is NS(=O)(=O)c1ccc(C(=O)Nc2cccc(Cl)c2)cc1. The van der Waals surface area contributed by atoms with Crippen LogP contribution >= 0.6 is 11.6 Å². The molecule has 0 atom stereocenters. The molecule has 3 N–H and O–H groups in total. The number of benzene rings is 2. The molecule has 0 saturated carbocycles. The van der Waals surface area contributed by atoms with E-state index in [2.05, 4.69) is 5.32 Å². The Morgan fingerprint density at radius 1 is 1.10 bits per heavy atom. The predicted octanol–water partition coefficient (Wildman–Crippen LogP) is 2.24. The van der Waals surface area contributed by atoms with Gasteiger partial charge in [0.05, 0.1) is 4.90 Å². The lowest BCUT2D eigenvalue weighted by Gasteiger charge is -2.06. The van der Waals surface area contributed by atoms with Gasteiger partial charge in [-0.2, -0.15) is 0 Å². The van der Waals surface area contributed by atoms with Gasteiger partial charge in [0, 0.05) is 16.3 Å². The quantitative estimate of drug-likeness (QED) is 0.911. The first-order chi connectivity index (χ1) is 9.36. The summed E-state index contributed by atoms with van der Waals surface area (Å²) in [5.74, 6) is -0.367. The van der Waals surface area contributed by atoms with Gasteiger partial charge >= 0.3 is 0 Å². The molecule has 2 aromatic carbocycles. The van der Waals surface area contributed by atoms with E-state index in [4.69, 9.17) is 16.7 Å². The number of carbonyl (C=O) groups excluding carboxylic acids is 1. The molecule has 104 valence electrons. The first-order valence-electron chi connectivity index (χ1n) is 5.56. The summed E-state index contributed by atoms with van der Waals surface area (Å²) >= 11 is 5.81. The summed E-state index contributed by atoms with van der Waals surface area (Å²) in [5, 5.41) is 8.14. The van der Waals surface area contributed by atoms with Crippen molar-refractivity contribution in [3.8, 4) is 0 Å². The van der Waals surface area contributed by atoms with Crippen LogP contribution in [-0.4, -0.2) is 14.3 Å². The Morgan fingerprint density at radius 3 is 2.30 bits per heavy atom. The Labute approximate surface area is 121 Å².